The van der Waals surface area contributed by atoms with Crippen molar-refractivity contribution in [3.05, 3.63) is 0 Å². The molecule has 0 saturated carbocycles. The molecule has 1 rings (SSSR count). The van der Waals surface area contributed by atoms with Crippen molar-refractivity contribution in [2.24, 2.45) is 5.92 Å². The standard InChI is InChI=1S/C14H30N2/c1-6-7-13-10-16(9-8-12(2)3)14(4,5)11-15-13/h12-13,15H,6-11H2,1-5H3. The second-order valence-electron chi connectivity index (χ2n) is 6.31. The van der Waals surface area contributed by atoms with Crippen molar-refractivity contribution >= 4 is 0 Å². The Balaban J connectivity index is 2.47. The zero-order valence-corrected chi connectivity index (χ0v) is 11.8. The van der Waals surface area contributed by atoms with Crippen molar-refractivity contribution in [1.29, 1.82) is 0 Å². The fourth-order valence-corrected chi connectivity index (χ4v) is 2.43. The molecule has 0 amide bonds. The van der Waals surface area contributed by atoms with Gasteiger partial charge in [0.05, 0.1) is 0 Å². The van der Waals surface area contributed by atoms with Gasteiger partial charge in [0.2, 0.25) is 0 Å². The Morgan fingerprint density at radius 3 is 2.62 bits per heavy atom. The van der Waals surface area contributed by atoms with Crippen LogP contribution in [0, 0.1) is 5.92 Å². The van der Waals surface area contributed by atoms with Crippen LogP contribution < -0.4 is 5.32 Å². The van der Waals surface area contributed by atoms with Gasteiger partial charge < -0.3 is 5.32 Å². The van der Waals surface area contributed by atoms with Gasteiger partial charge in [0.15, 0.2) is 0 Å². The SMILES string of the molecule is CCCC1CN(CCC(C)C)C(C)(C)CN1. The lowest BCUT2D eigenvalue weighted by Crippen LogP contribution is -2.62. The van der Waals surface area contributed by atoms with Crippen LogP contribution in [0.1, 0.15) is 53.9 Å². The van der Waals surface area contributed by atoms with Crippen LogP contribution in [0.15, 0.2) is 0 Å². The molecule has 0 aromatic rings. The minimum atomic E-state index is 0.332. The monoisotopic (exact) mass is 226 g/mol. The molecule has 96 valence electrons. The van der Waals surface area contributed by atoms with E-state index in [0.29, 0.717) is 11.6 Å². The van der Waals surface area contributed by atoms with Gasteiger partial charge in [0.25, 0.3) is 0 Å². The van der Waals surface area contributed by atoms with E-state index in [-0.39, 0.29) is 0 Å². The predicted octanol–water partition coefficient (Wildman–Crippen LogP) is 2.89. The molecular weight excluding hydrogens is 196 g/mol. The minimum Gasteiger partial charge on any atom is -0.311 e. The normalized spacial score (nSPS) is 26.2. The molecule has 1 aliphatic heterocycles. The van der Waals surface area contributed by atoms with E-state index in [0.717, 1.165) is 12.5 Å². The molecule has 1 heterocycles. The summed E-state index contributed by atoms with van der Waals surface area (Å²) in [4.78, 5) is 2.68. The second kappa shape index (κ2) is 6.02. The van der Waals surface area contributed by atoms with E-state index >= 15 is 0 Å². The Morgan fingerprint density at radius 1 is 1.38 bits per heavy atom. The van der Waals surface area contributed by atoms with E-state index in [2.05, 4.69) is 44.8 Å². The Morgan fingerprint density at radius 2 is 2.06 bits per heavy atom. The van der Waals surface area contributed by atoms with E-state index < -0.39 is 0 Å². The van der Waals surface area contributed by atoms with Gasteiger partial charge in [-0.15, -0.1) is 0 Å². The summed E-state index contributed by atoms with van der Waals surface area (Å²) in [5.41, 5.74) is 0.332. The molecule has 0 aromatic heterocycles. The van der Waals surface area contributed by atoms with E-state index in [1.165, 1.54) is 32.4 Å². The van der Waals surface area contributed by atoms with Crippen LogP contribution in [0.25, 0.3) is 0 Å². The highest BCUT2D eigenvalue weighted by molar-refractivity contribution is 4.92. The summed E-state index contributed by atoms with van der Waals surface area (Å²) in [6.45, 7) is 15.3. The van der Waals surface area contributed by atoms with Gasteiger partial charge in [0, 0.05) is 24.7 Å². The topological polar surface area (TPSA) is 15.3 Å². The highest BCUT2D eigenvalue weighted by atomic mass is 15.3. The first kappa shape index (κ1) is 14.0. The van der Waals surface area contributed by atoms with Crippen molar-refractivity contribution in [2.45, 2.75) is 65.5 Å². The van der Waals surface area contributed by atoms with Crippen LogP contribution in [0.5, 0.6) is 0 Å². The number of rotatable bonds is 5. The number of hydrogen-bond acceptors (Lipinski definition) is 2. The van der Waals surface area contributed by atoms with Gasteiger partial charge in [-0.1, -0.05) is 27.2 Å². The Labute approximate surface area is 102 Å². The summed E-state index contributed by atoms with van der Waals surface area (Å²) in [6.07, 6.45) is 3.92. The molecule has 0 bridgehead atoms. The van der Waals surface area contributed by atoms with E-state index in [4.69, 9.17) is 0 Å². The molecule has 1 saturated heterocycles. The van der Waals surface area contributed by atoms with Crippen molar-refractivity contribution in [3.63, 3.8) is 0 Å². The average Bonchev–Trinajstić information content (AvgIpc) is 2.19. The Kier molecular flexibility index (Phi) is 5.26. The third-order valence-corrected chi connectivity index (χ3v) is 3.73. The van der Waals surface area contributed by atoms with Crippen LogP contribution in [0.3, 0.4) is 0 Å². The Bertz CT molecular complexity index is 199. The maximum atomic E-state index is 3.69. The minimum absolute atomic E-state index is 0.332. The molecule has 16 heavy (non-hydrogen) atoms. The van der Waals surface area contributed by atoms with Gasteiger partial charge >= 0.3 is 0 Å². The first-order valence-corrected chi connectivity index (χ1v) is 6.94. The van der Waals surface area contributed by atoms with E-state index in [1.807, 2.05) is 0 Å². The summed E-state index contributed by atoms with van der Waals surface area (Å²) in [7, 11) is 0. The molecule has 1 unspecified atom stereocenters. The summed E-state index contributed by atoms with van der Waals surface area (Å²) < 4.78 is 0. The summed E-state index contributed by atoms with van der Waals surface area (Å²) >= 11 is 0. The largest absolute Gasteiger partial charge is 0.311 e. The zero-order chi connectivity index (χ0) is 12.2. The maximum absolute atomic E-state index is 3.69. The number of nitrogens with zero attached hydrogens (tertiary/aromatic N) is 1. The fourth-order valence-electron chi connectivity index (χ4n) is 2.43. The lowest BCUT2D eigenvalue weighted by atomic mass is 9.95. The summed E-state index contributed by atoms with van der Waals surface area (Å²) in [5.74, 6) is 0.815. The second-order valence-corrected chi connectivity index (χ2v) is 6.31. The first-order chi connectivity index (χ1) is 7.45. The van der Waals surface area contributed by atoms with Gasteiger partial charge in [-0.25, -0.2) is 0 Å². The van der Waals surface area contributed by atoms with Gasteiger partial charge in [-0.05, 0) is 39.2 Å². The maximum Gasteiger partial charge on any atom is 0.0278 e. The smallest absolute Gasteiger partial charge is 0.0278 e. The molecule has 0 radical (unpaired) electrons. The molecule has 1 atom stereocenters. The average molecular weight is 226 g/mol. The first-order valence-electron chi connectivity index (χ1n) is 6.94. The lowest BCUT2D eigenvalue weighted by molar-refractivity contribution is 0.0595. The number of hydrogen-bond donors (Lipinski definition) is 1. The molecule has 0 spiro atoms. The van der Waals surface area contributed by atoms with E-state index in [9.17, 15) is 0 Å². The van der Waals surface area contributed by atoms with Crippen molar-refractivity contribution in [3.8, 4) is 0 Å². The third kappa shape index (κ3) is 4.06. The fraction of sp³-hybridized carbons (Fsp3) is 1.00. The molecule has 2 nitrogen and oxygen atoms in total. The van der Waals surface area contributed by atoms with Crippen molar-refractivity contribution in [2.75, 3.05) is 19.6 Å². The summed E-state index contributed by atoms with van der Waals surface area (Å²) in [6, 6.07) is 0.713. The molecule has 1 aliphatic rings. The van der Waals surface area contributed by atoms with Gasteiger partial charge in [0.1, 0.15) is 0 Å². The highest BCUT2D eigenvalue weighted by Crippen LogP contribution is 2.21. The molecule has 2 heteroatoms. The lowest BCUT2D eigenvalue weighted by Gasteiger charge is -2.46. The third-order valence-electron chi connectivity index (χ3n) is 3.73. The quantitative estimate of drug-likeness (QED) is 0.775. The highest BCUT2D eigenvalue weighted by Gasteiger charge is 2.32. The van der Waals surface area contributed by atoms with Crippen molar-refractivity contribution < 1.29 is 0 Å². The predicted molar refractivity (Wildman–Crippen MR) is 71.8 cm³/mol. The van der Waals surface area contributed by atoms with Crippen LogP contribution >= 0.6 is 0 Å². The van der Waals surface area contributed by atoms with Crippen LogP contribution in [-0.4, -0.2) is 36.1 Å². The Hall–Kier alpha value is -0.0800. The van der Waals surface area contributed by atoms with Gasteiger partial charge in [-0.3, -0.25) is 4.90 Å². The van der Waals surface area contributed by atoms with Crippen LogP contribution in [0.2, 0.25) is 0 Å². The number of nitrogens with one attached hydrogen (secondary N) is 1. The van der Waals surface area contributed by atoms with Crippen molar-refractivity contribution in [1.82, 2.24) is 10.2 Å². The van der Waals surface area contributed by atoms with E-state index in [1.54, 1.807) is 0 Å². The molecule has 0 aromatic carbocycles. The molecule has 1 N–H and O–H groups in total. The number of piperazine rings is 1. The zero-order valence-electron chi connectivity index (χ0n) is 11.8. The molecular formula is C14H30N2. The summed E-state index contributed by atoms with van der Waals surface area (Å²) in [5, 5.41) is 3.69. The molecule has 1 fully saturated rings. The van der Waals surface area contributed by atoms with Gasteiger partial charge in [-0.2, -0.15) is 0 Å². The van der Waals surface area contributed by atoms with Crippen LogP contribution in [0.4, 0.5) is 0 Å². The van der Waals surface area contributed by atoms with Crippen LogP contribution in [-0.2, 0) is 0 Å². The molecule has 0 aliphatic carbocycles.